The molecule has 0 bridgehead atoms. The molecule has 0 amide bonds. The summed E-state index contributed by atoms with van der Waals surface area (Å²) in [5.41, 5.74) is 4.61. The lowest BCUT2D eigenvalue weighted by atomic mass is 9.97. The van der Waals surface area contributed by atoms with Crippen LogP contribution < -0.4 is 5.32 Å². The summed E-state index contributed by atoms with van der Waals surface area (Å²) in [6, 6.07) is 6.38. The smallest absolute Gasteiger partial charge is 0.0888 e. The van der Waals surface area contributed by atoms with Crippen molar-refractivity contribution in [2.45, 2.75) is 39.3 Å². The molecule has 0 aliphatic carbocycles. The highest BCUT2D eigenvalue weighted by Gasteiger charge is 2.30. The molecule has 0 radical (unpaired) electrons. The fourth-order valence-electron chi connectivity index (χ4n) is 3.46. The average molecular weight is 295 g/mol. The van der Waals surface area contributed by atoms with Crippen LogP contribution in [0.15, 0.2) is 43.1 Å². The maximum Gasteiger partial charge on any atom is 0.0888 e. The van der Waals surface area contributed by atoms with Crippen molar-refractivity contribution in [3.8, 4) is 0 Å². The topological polar surface area (TPSA) is 29.9 Å². The van der Waals surface area contributed by atoms with Crippen LogP contribution in [0.4, 0.5) is 0 Å². The van der Waals surface area contributed by atoms with Gasteiger partial charge in [0.2, 0.25) is 0 Å². The van der Waals surface area contributed by atoms with Gasteiger partial charge in [-0.25, -0.2) is 4.98 Å². The Labute approximate surface area is 132 Å². The molecule has 3 heteroatoms. The van der Waals surface area contributed by atoms with Crippen molar-refractivity contribution >= 4 is 16.6 Å². The summed E-state index contributed by atoms with van der Waals surface area (Å²) in [6.07, 6.45) is 7.29. The molecule has 1 saturated heterocycles. The first-order chi connectivity index (χ1) is 10.5. The van der Waals surface area contributed by atoms with E-state index in [9.17, 15) is 0 Å². The van der Waals surface area contributed by atoms with Crippen molar-refractivity contribution in [1.29, 1.82) is 0 Å². The van der Waals surface area contributed by atoms with Gasteiger partial charge in [-0.1, -0.05) is 18.7 Å². The lowest BCUT2D eigenvalue weighted by molar-refractivity contribution is 0.421. The molecule has 22 heavy (non-hydrogen) atoms. The predicted molar refractivity (Wildman–Crippen MR) is 93.8 cm³/mol. The molecule has 1 N–H and O–H groups in total. The fraction of sp³-hybridized carbons (Fsp3) is 0.421. The van der Waals surface area contributed by atoms with Gasteiger partial charge in [-0.15, -0.1) is 0 Å². The van der Waals surface area contributed by atoms with Gasteiger partial charge in [0.05, 0.1) is 16.7 Å². The number of hydrogen-bond acceptors (Lipinski definition) is 2. The van der Waals surface area contributed by atoms with Crippen LogP contribution in [0.3, 0.4) is 0 Å². The van der Waals surface area contributed by atoms with Crippen LogP contribution in [-0.2, 0) is 6.54 Å². The first-order valence-electron chi connectivity index (χ1n) is 8.02. The second-order valence-electron chi connectivity index (χ2n) is 6.85. The number of rotatable bonds is 4. The second-order valence-corrected chi connectivity index (χ2v) is 6.85. The zero-order chi connectivity index (χ0) is 15.7. The van der Waals surface area contributed by atoms with Gasteiger partial charge < -0.3 is 9.88 Å². The van der Waals surface area contributed by atoms with Crippen molar-refractivity contribution in [2.24, 2.45) is 5.92 Å². The highest BCUT2D eigenvalue weighted by atomic mass is 15.0. The van der Waals surface area contributed by atoms with E-state index in [1.807, 2.05) is 19.1 Å². The maximum absolute atomic E-state index is 4.77. The van der Waals surface area contributed by atoms with Crippen molar-refractivity contribution in [1.82, 2.24) is 14.9 Å². The lowest BCUT2D eigenvalue weighted by Gasteiger charge is -2.17. The molecule has 3 rings (SSSR count). The van der Waals surface area contributed by atoms with E-state index < -0.39 is 0 Å². The van der Waals surface area contributed by atoms with Crippen molar-refractivity contribution < 1.29 is 0 Å². The van der Waals surface area contributed by atoms with E-state index in [1.165, 1.54) is 11.9 Å². The number of pyridine rings is 1. The highest BCUT2D eigenvalue weighted by Crippen LogP contribution is 2.26. The number of aromatic nitrogens is 2. The van der Waals surface area contributed by atoms with Gasteiger partial charge in [0.25, 0.3) is 0 Å². The molecule has 116 valence electrons. The SMILES string of the molecule is C=C/C(=C\C)c1ccc2c(ccn2CC2CNC(C)(C)C2)n1. The van der Waals surface area contributed by atoms with Crippen LogP contribution in [0, 0.1) is 5.92 Å². The minimum absolute atomic E-state index is 0.268. The van der Waals surface area contributed by atoms with Crippen molar-refractivity contribution in [3.63, 3.8) is 0 Å². The molecule has 0 aromatic carbocycles. The molecule has 2 aromatic rings. The number of allylic oxidation sites excluding steroid dienone is 3. The molecule has 1 aliphatic heterocycles. The van der Waals surface area contributed by atoms with E-state index in [0.717, 1.165) is 29.9 Å². The molecule has 1 aliphatic rings. The van der Waals surface area contributed by atoms with Crippen molar-refractivity contribution in [3.05, 3.63) is 48.8 Å². The normalized spacial score (nSPS) is 21.4. The molecule has 2 aromatic heterocycles. The zero-order valence-electron chi connectivity index (χ0n) is 13.8. The summed E-state index contributed by atoms with van der Waals surface area (Å²) >= 11 is 0. The van der Waals surface area contributed by atoms with Crippen LogP contribution in [0.2, 0.25) is 0 Å². The minimum atomic E-state index is 0.268. The number of nitrogens with zero attached hydrogens (tertiary/aromatic N) is 2. The summed E-state index contributed by atoms with van der Waals surface area (Å²) in [5.74, 6) is 0.685. The summed E-state index contributed by atoms with van der Waals surface area (Å²) in [5, 5.41) is 3.60. The Morgan fingerprint density at radius 2 is 2.27 bits per heavy atom. The average Bonchev–Trinajstić information content (AvgIpc) is 3.04. The molecular formula is C19H25N3. The predicted octanol–water partition coefficient (Wildman–Crippen LogP) is 4.01. The van der Waals surface area contributed by atoms with E-state index in [0.29, 0.717) is 5.92 Å². The Morgan fingerprint density at radius 1 is 1.45 bits per heavy atom. The van der Waals surface area contributed by atoms with Crippen molar-refractivity contribution in [2.75, 3.05) is 6.54 Å². The first-order valence-corrected chi connectivity index (χ1v) is 8.02. The van der Waals surface area contributed by atoms with E-state index in [-0.39, 0.29) is 5.54 Å². The van der Waals surface area contributed by atoms with Crippen LogP contribution in [0.25, 0.3) is 16.6 Å². The van der Waals surface area contributed by atoms with Gasteiger partial charge >= 0.3 is 0 Å². The number of hydrogen-bond donors (Lipinski definition) is 1. The Morgan fingerprint density at radius 3 is 2.91 bits per heavy atom. The Hall–Kier alpha value is -1.87. The van der Waals surface area contributed by atoms with Gasteiger partial charge in [0.1, 0.15) is 0 Å². The van der Waals surface area contributed by atoms with Crippen LogP contribution in [0.5, 0.6) is 0 Å². The second kappa shape index (κ2) is 5.73. The fourth-order valence-corrected chi connectivity index (χ4v) is 3.46. The first kappa shape index (κ1) is 15.0. The van der Waals surface area contributed by atoms with Gasteiger partial charge in [0.15, 0.2) is 0 Å². The molecule has 0 saturated carbocycles. The molecule has 1 unspecified atom stereocenters. The molecular weight excluding hydrogens is 270 g/mol. The highest BCUT2D eigenvalue weighted by molar-refractivity contribution is 5.80. The summed E-state index contributed by atoms with van der Waals surface area (Å²) < 4.78 is 2.34. The summed E-state index contributed by atoms with van der Waals surface area (Å²) in [6.45, 7) is 12.6. The standard InChI is InChI=1S/C19H25N3/c1-5-15(6-2)16-7-8-18-17(21-16)9-10-22(18)13-14-11-19(3,4)20-12-14/h5-10,14,20H,1,11-13H2,2-4H3/b15-6+. The minimum Gasteiger partial charge on any atom is -0.346 e. The number of nitrogens with one attached hydrogen (secondary N) is 1. The van der Waals surface area contributed by atoms with E-state index in [2.05, 4.69) is 54.7 Å². The summed E-state index contributed by atoms with van der Waals surface area (Å²) in [4.78, 5) is 4.77. The van der Waals surface area contributed by atoms with Gasteiger partial charge in [-0.2, -0.15) is 0 Å². The van der Waals surface area contributed by atoms with E-state index in [4.69, 9.17) is 4.98 Å². The quantitative estimate of drug-likeness (QED) is 0.864. The Balaban J connectivity index is 1.85. The lowest BCUT2D eigenvalue weighted by Crippen LogP contribution is -2.31. The monoisotopic (exact) mass is 295 g/mol. The van der Waals surface area contributed by atoms with Crippen LogP contribution >= 0.6 is 0 Å². The molecule has 0 spiro atoms. The van der Waals surface area contributed by atoms with Gasteiger partial charge in [-0.05, 0) is 56.9 Å². The van der Waals surface area contributed by atoms with E-state index in [1.54, 1.807) is 0 Å². The number of fused-ring (bicyclic) bond motifs is 1. The largest absolute Gasteiger partial charge is 0.346 e. The van der Waals surface area contributed by atoms with Gasteiger partial charge in [0, 0.05) is 24.8 Å². The van der Waals surface area contributed by atoms with Crippen LogP contribution in [-0.4, -0.2) is 21.6 Å². The third-order valence-corrected chi connectivity index (χ3v) is 4.57. The molecule has 3 heterocycles. The van der Waals surface area contributed by atoms with Gasteiger partial charge in [-0.3, -0.25) is 0 Å². The zero-order valence-corrected chi connectivity index (χ0v) is 13.8. The van der Waals surface area contributed by atoms with E-state index >= 15 is 0 Å². The Bertz CT molecular complexity index is 721. The molecule has 1 atom stereocenters. The maximum atomic E-state index is 4.77. The van der Waals surface area contributed by atoms with Crippen LogP contribution in [0.1, 0.15) is 32.9 Å². The summed E-state index contributed by atoms with van der Waals surface area (Å²) in [7, 11) is 0. The third-order valence-electron chi connectivity index (χ3n) is 4.57. The molecule has 3 nitrogen and oxygen atoms in total. The third kappa shape index (κ3) is 2.86. The molecule has 1 fully saturated rings. The Kier molecular flexibility index (Phi) is 3.92.